The maximum atomic E-state index is 12.4. The molecule has 0 N–H and O–H groups in total. The molecule has 0 aliphatic carbocycles. The summed E-state index contributed by atoms with van der Waals surface area (Å²) in [5.74, 6) is -0.376. The maximum Gasteiger partial charge on any atom is 0.265 e. The van der Waals surface area contributed by atoms with Crippen molar-refractivity contribution in [3.63, 3.8) is 0 Å². The molecule has 1 aromatic carbocycles. The van der Waals surface area contributed by atoms with Crippen molar-refractivity contribution in [2.24, 2.45) is 0 Å². The molecule has 0 aromatic heterocycles. The molecule has 0 bridgehead atoms. The molecular formula is C18H16BrN3O3S. The van der Waals surface area contributed by atoms with Gasteiger partial charge in [-0.1, -0.05) is 6.08 Å². The highest BCUT2D eigenvalue weighted by atomic mass is 79.9. The third-order valence-corrected chi connectivity index (χ3v) is 4.88. The minimum absolute atomic E-state index is 0.0192. The molecule has 1 fully saturated rings. The molecule has 2 rings (SSSR count). The summed E-state index contributed by atoms with van der Waals surface area (Å²) in [7, 11) is 3.05. The van der Waals surface area contributed by atoms with Gasteiger partial charge in [-0.3, -0.25) is 19.4 Å². The normalized spacial score (nSPS) is 14.4. The summed E-state index contributed by atoms with van der Waals surface area (Å²) in [6.45, 7) is 3.63. The first-order valence-corrected chi connectivity index (χ1v) is 8.76. The van der Waals surface area contributed by atoms with Gasteiger partial charge in [-0.05, 0) is 63.9 Å². The second-order valence-electron chi connectivity index (χ2n) is 5.50. The molecule has 26 heavy (non-hydrogen) atoms. The molecule has 2 amide bonds. The third kappa shape index (κ3) is 3.84. The Kier molecular flexibility index (Phi) is 6.29. The van der Waals surface area contributed by atoms with Gasteiger partial charge in [-0.15, -0.1) is 6.58 Å². The number of thiocarbonyl (C=S) groups is 1. The lowest BCUT2D eigenvalue weighted by Crippen LogP contribution is -2.52. The number of ether oxygens (including phenoxy) is 1. The van der Waals surface area contributed by atoms with Crippen LogP contribution in [-0.2, 0) is 16.0 Å². The van der Waals surface area contributed by atoms with Gasteiger partial charge >= 0.3 is 0 Å². The summed E-state index contributed by atoms with van der Waals surface area (Å²) < 4.78 is 6.08. The summed E-state index contributed by atoms with van der Waals surface area (Å²) in [6, 6.07) is 5.44. The molecule has 6 nitrogen and oxygen atoms in total. The molecule has 0 unspecified atom stereocenters. The van der Waals surface area contributed by atoms with Gasteiger partial charge in [0.15, 0.2) is 11.7 Å². The second-order valence-corrected chi connectivity index (χ2v) is 6.72. The molecule has 134 valence electrons. The van der Waals surface area contributed by atoms with Crippen molar-refractivity contribution in [2.75, 3.05) is 20.7 Å². The predicted molar refractivity (Wildman–Crippen MR) is 105 cm³/mol. The number of rotatable bonds is 5. The first-order valence-electron chi connectivity index (χ1n) is 7.56. The van der Waals surface area contributed by atoms with Gasteiger partial charge in [0.25, 0.3) is 11.8 Å². The Hall–Kier alpha value is -2.50. The van der Waals surface area contributed by atoms with Crippen molar-refractivity contribution in [1.82, 2.24) is 9.80 Å². The van der Waals surface area contributed by atoms with E-state index in [9.17, 15) is 9.59 Å². The fourth-order valence-electron chi connectivity index (χ4n) is 2.47. The SMILES string of the molecule is C=CCc1cc(C=C2C(=O)N(C)C(=S)N(C)C2=O)cc(Br)c1OCC#N. The smallest absolute Gasteiger partial charge is 0.265 e. The molecule has 1 heterocycles. The number of likely N-dealkylation sites (N-methyl/N-ethyl adjacent to an activating group) is 2. The minimum Gasteiger partial charge on any atom is -0.477 e. The summed E-state index contributed by atoms with van der Waals surface area (Å²) in [5, 5.41) is 8.88. The Morgan fingerprint density at radius 1 is 1.31 bits per heavy atom. The molecule has 0 radical (unpaired) electrons. The highest BCUT2D eigenvalue weighted by molar-refractivity contribution is 9.10. The molecule has 0 atom stereocenters. The van der Waals surface area contributed by atoms with E-state index < -0.39 is 11.8 Å². The van der Waals surface area contributed by atoms with E-state index in [1.54, 1.807) is 18.2 Å². The van der Waals surface area contributed by atoms with Crippen molar-refractivity contribution >= 4 is 51.2 Å². The number of halogens is 1. The lowest BCUT2D eigenvalue weighted by molar-refractivity contribution is -0.132. The molecule has 1 aliphatic rings. The zero-order valence-electron chi connectivity index (χ0n) is 14.3. The monoisotopic (exact) mass is 433 g/mol. The predicted octanol–water partition coefficient (Wildman–Crippen LogP) is 2.68. The number of amides is 2. The highest BCUT2D eigenvalue weighted by Crippen LogP contribution is 2.33. The zero-order valence-corrected chi connectivity index (χ0v) is 16.7. The molecular weight excluding hydrogens is 418 g/mol. The van der Waals surface area contributed by atoms with Crippen LogP contribution >= 0.6 is 28.1 Å². The summed E-state index contributed by atoms with van der Waals surface area (Å²) in [6.07, 6.45) is 3.72. The average molecular weight is 434 g/mol. The van der Waals surface area contributed by atoms with E-state index >= 15 is 0 Å². The Bertz CT molecular complexity index is 847. The van der Waals surface area contributed by atoms with Gasteiger partial charge < -0.3 is 4.74 Å². The molecule has 8 heteroatoms. The van der Waals surface area contributed by atoms with Crippen LogP contribution in [0.15, 0.2) is 34.8 Å². The molecule has 1 aromatic rings. The van der Waals surface area contributed by atoms with Crippen LogP contribution < -0.4 is 4.74 Å². The van der Waals surface area contributed by atoms with E-state index in [-0.39, 0.29) is 17.3 Å². The average Bonchev–Trinajstić information content (AvgIpc) is 2.61. The standard InChI is InChI=1S/C18H16BrN3O3S/c1-4-5-12-8-11(10-14(19)15(12)25-7-6-20)9-13-16(23)21(2)18(26)22(3)17(13)24/h4,8-10H,1,5,7H2,2-3H3. The van der Waals surface area contributed by atoms with Crippen LogP contribution in [0.5, 0.6) is 5.75 Å². The van der Waals surface area contributed by atoms with Crippen molar-refractivity contribution in [2.45, 2.75) is 6.42 Å². The lowest BCUT2D eigenvalue weighted by atomic mass is 10.0. The number of carbonyl (C=O) groups is 2. The van der Waals surface area contributed by atoms with Gasteiger partial charge in [-0.2, -0.15) is 5.26 Å². The number of hydrogen-bond donors (Lipinski definition) is 0. The van der Waals surface area contributed by atoms with Gasteiger partial charge in [0.05, 0.1) is 4.47 Å². The Balaban J connectivity index is 2.51. The van der Waals surface area contributed by atoms with Crippen LogP contribution in [0, 0.1) is 11.3 Å². The first-order chi connectivity index (χ1) is 12.3. The molecule has 1 saturated heterocycles. The van der Waals surface area contributed by atoms with Crippen molar-refractivity contribution in [1.29, 1.82) is 5.26 Å². The molecule has 0 saturated carbocycles. The number of hydrogen-bond acceptors (Lipinski definition) is 5. The summed E-state index contributed by atoms with van der Waals surface area (Å²) >= 11 is 8.50. The van der Waals surface area contributed by atoms with Crippen LogP contribution in [0.2, 0.25) is 0 Å². The third-order valence-electron chi connectivity index (χ3n) is 3.74. The van der Waals surface area contributed by atoms with E-state index in [2.05, 4.69) is 22.5 Å². The minimum atomic E-state index is -0.454. The van der Waals surface area contributed by atoms with Gasteiger partial charge in [0.1, 0.15) is 17.4 Å². The van der Waals surface area contributed by atoms with Crippen LogP contribution in [0.4, 0.5) is 0 Å². The molecule has 1 aliphatic heterocycles. The zero-order chi connectivity index (χ0) is 19.4. The number of carbonyl (C=O) groups excluding carboxylic acids is 2. The second kappa shape index (κ2) is 8.25. The van der Waals surface area contributed by atoms with Crippen molar-refractivity contribution in [3.05, 3.63) is 46.0 Å². The van der Waals surface area contributed by atoms with Crippen molar-refractivity contribution in [3.8, 4) is 11.8 Å². The maximum absolute atomic E-state index is 12.4. The van der Waals surface area contributed by atoms with E-state index in [0.717, 1.165) is 5.56 Å². The van der Waals surface area contributed by atoms with Crippen molar-refractivity contribution < 1.29 is 14.3 Å². The van der Waals surface area contributed by atoms with E-state index in [1.165, 1.54) is 30.0 Å². The number of nitriles is 1. The van der Waals surface area contributed by atoms with Gasteiger partial charge in [-0.25, -0.2) is 0 Å². The highest BCUT2D eigenvalue weighted by Gasteiger charge is 2.35. The van der Waals surface area contributed by atoms with E-state index in [1.807, 2.05) is 6.07 Å². The number of allylic oxidation sites excluding steroid dienone is 1. The summed E-state index contributed by atoms with van der Waals surface area (Å²) in [4.78, 5) is 27.4. The van der Waals surface area contributed by atoms with E-state index in [4.69, 9.17) is 22.2 Å². The lowest BCUT2D eigenvalue weighted by Gasteiger charge is -2.31. The largest absolute Gasteiger partial charge is 0.477 e. The number of benzene rings is 1. The molecule has 0 spiro atoms. The first kappa shape index (κ1) is 19.8. The summed E-state index contributed by atoms with van der Waals surface area (Å²) in [5.41, 5.74) is 1.44. The number of nitrogens with zero attached hydrogens (tertiary/aromatic N) is 3. The Morgan fingerprint density at radius 3 is 2.46 bits per heavy atom. The van der Waals surface area contributed by atoms with Crippen LogP contribution in [0.3, 0.4) is 0 Å². The van der Waals surface area contributed by atoms with Crippen LogP contribution in [-0.4, -0.2) is 47.4 Å². The fourth-order valence-corrected chi connectivity index (χ4v) is 3.27. The quantitative estimate of drug-likeness (QED) is 0.308. The topological polar surface area (TPSA) is 73.6 Å². The fraction of sp³-hybridized carbons (Fsp3) is 0.222. The van der Waals surface area contributed by atoms with E-state index in [0.29, 0.717) is 22.2 Å². The van der Waals surface area contributed by atoms with Crippen LogP contribution in [0.1, 0.15) is 11.1 Å². The Labute approximate surface area is 165 Å². The Morgan fingerprint density at radius 2 is 1.92 bits per heavy atom. The van der Waals surface area contributed by atoms with Gasteiger partial charge in [0, 0.05) is 14.1 Å². The van der Waals surface area contributed by atoms with Crippen LogP contribution in [0.25, 0.3) is 6.08 Å². The van der Waals surface area contributed by atoms with Gasteiger partial charge in [0.2, 0.25) is 0 Å².